The number of hydrogen-bond acceptors (Lipinski definition) is 6. The zero-order valence-electron chi connectivity index (χ0n) is 29.0. The van der Waals surface area contributed by atoms with Crippen molar-refractivity contribution in [1.29, 1.82) is 0 Å². The van der Waals surface area contributed by atoms with Gasteiger partial charge in [0, 0.05) is 52.2 Å². The number of anilines is 4. The zero-order chi connectivity index (χ0) is 33.9. The predicted octanol–water partition coefficient (Wildman–Crippen LogP) is 15.2. The van der Waals surface area contributed by atoms with Gasteiger partial charge in [0.15, 0.2) is 0 Å². The van der Waals surface area contributed by atoms with Gasteiger partial charge in [-0.15, -0.1) is 22.7 Å². The highest BCUT2D eigenvalue weighted by atomic mass is 32.2. The first kappa shape index (κ1) is 33.7. The Morgan fingerprint density at radius 1 is 0.400 bits per heavy atom. The van der Waals surface area contributed by atoms with Gasteiger partial charge in [0.25, 0.3) is 0 Å². The van der Waals surface area contributed by atoms with E-state index in [1.165, 1.54) is 124 Å². The molecule has 2 aliphatic heterocycles. The molecule has 4 aromatic carbocycles. The van der Waals surface area contributed by atoms with E-state index < -0.39 is 0 Å². The average molecular weight is 729 g/mol. The Morgan fingerprint density at radius 3 is 1.28 bits per heavy atom. The van der Waals surface area contributed by atoms with Crippen molar-refractivity contribution >= 4 is 68.9 Å². The molecule has 4 heterocycles. The first-order valence-corrected chi connectivity index (χ1v) is 21.5. The monoisotopic (exact) mass is 728 g/mol. The highest BCUT2D eigenvalue weighted by Gasteiger charge is 2.25. The van der Waals surface area contributed by atoms with Gasteiger partial charge < -0.3 is 9.80 Å². The van der Waals surface area contributed by atoms with E-state index in [0.29, 0.717) is 0 Å². The second-order valence-corrected chi connectivity index (χ2v) is 17.6. The Kier molecular flexibility index (Phi) is 10.4. The van der Waals surface area contributed by atoms with Crippen LogP contribution in [-0.2, 0) is 0 Å². The van der Waals surface area contributed by atoms with E-state index in [4.69, 9.17) is 0 Å². The zero-order valence-corrected chi connectivity index (χ0v) is 32.3. The standard InChI is InChI=1S/C44H44N2S4/c1-3-5-7-13-27-45-33-15-9-11-17-39(33)49-43-29-31(19-21-35(43)45)37-23-25-41(47-37)42-26-24-38(48-42)32-20-22-36-44(30-32)50-40-18-12-10-16-34(40)46(36)28-14-8-6-4-2/h9-12,15-26,29-30H,3-8,13-14,27-28H2,1-2H3. The Morgan fingerprint density at radius 2 is 0.820 bits per heavy atom. The fourth-order valence-corrected chi connectivity index (χ4v) is 11.5. The van der Waals surface area contributed by atoms with Crippen LogP contribution < -0.4 is 9.80 Å². The molecule has 0 bridgehead atoms. The van der Waals surface area contributed by atoms with E-state index in [-0.39, 0.29) is 0 Å². The molecule has 8 rings (SSSR count). The SMILES string of the molecule is CCCCCCN1c2ccccc2Sc2cc(-c3ccc(-c4ccc(-c5ccc6c(c5)Sc5ccccc5N6CCCCCC)s4)s3)ccc21. The third kappa shape index (κ3) is 6.92. The minimum absolute atomic E-state index is 1.07. The summed E-state index contributed by atoms with van der Waals surface area (Å²) in [6, 6.07) is 41.3. The number of rotatable bonds is 13. The van der Waals surface area contributed by atoms with Gasteiger partial charge in [-0.2, -0.15) is 0 Å². The summed E-state index contributed by atoms with van der Waals surface area (Å²) >= 11 is 7.64. The van der Waals surface area contributed by atoms with Crippen molar-refractivity contribution in [1.82, 2.24) is 0 Å². The topological polar surface area (TPSA) is 6.48 Å². The molecule has 254 valence electrons. The number of benzene rings is 4. The fraction of sp³-hybridized carbons (Fsp3) is 0.273. The highest BCUT2D eigenvalue weighted by Crippen LogP contribution is 2.52. The molecule has 2 nitrogen and oxygen atoms in total. The molecule has 0 saturated carbocycles. The predicted molar refractivity (Wildman–Crippen MR) is 222 cm³/mol. The summed E-state index contributed by atoms with van der Waals surface area (Å²) in [5.74, 6) is 0. The molecule has 0 aliphatic carbocycles. The summed E-state index contributed by atoms with van der Waals surface area (Å²) in [6.07, 6.45) is 10.2. The van der Waals surface area contributed by atoms with Crippen LogP contribution in [0.2, 0.25) is 0 Å². The third-order valence-electron chi connectivity index (χ3n) is 9.75. The maximum Gasteiger partial charge on any atom is 0.0553 e. The smallest absolute Gasteiger partial charge is 0.0553 e. The van der Waals surface area contributed by atoms with E-state index in [1.54, 1.807) is 0 Å². The van der Waals surface area contributed by atoms with Gasteiger partial charge in [0.1, 0.15) is 0 Å². The minimum Gasteiger partial charge on any atom is -0.340 e. The Bertz CT molecular complexity index is 1940. The highest BCUT2D eigenvalue weighted by molar-refractivity contribution is 8.00. The summed E-state index contributed by atoms with van der Waals surface area (Å²) in [6.45, 7) is 6.71. The van der Waals surface area contributed by atoms with E-state index >= 15 is 0 Å². The summed E-state index contributed by atoms with van der Waals surface area (Å²) in [4.78, 5) is 15.9. The lowest BCUT2D eigenvalue weighted by molar-refractivity contribution is 0.666. The molecule has 6 heteroatoms. The van der Waals surface area contributed by atoms with Crippen molar-refractivity contribution in [2.24, 2.45) is 0 Å². The average Bonchev–Trinajstić information content (AvgIpc) is 3.85. The molecule has 0 N–H and O–H groups in total. The molecule has 50 heavy (non-hydrogen) atoms. The van der Waals surface area contributed by atoms with Crippen LogP contribution in [0.3, 0.4) is 0 Å². The normalized spacial score (nSPS) is 13.2. The van der Waals surface area contributed by atoms with Gasteiger partial charge in [0.2, 0.25) is 0 Å². The van der Waals surface area contributed by atoms with Crippen molar-refractivity contribution in [2.45, 2.75) is 84.8 Å². The van der Waals surface area contributed by atoms with Crippen LogP contribution >= 0.6 is 46.2 Å². The lowest BCUT2D eigenvalue weighted by Crippen LogP contribution is -2.21. The second-order valence-electron chi connectivity index (χ2n) is 13.3. The van der Waals surface area contributed by atoms with Crippen LogP contribution in [0, 0.1) is 0 Å². The Balaban J connectivity index is 1.02. The van der Waals surface area contributed by atoms with Crippen molar-refractivity contribution in [3.8, 4) is 30.6 Å². The first-order chi connectivity index (χ1) is 24.7. The van der Waals surface area contributed by atoms with Gasteiger partial charge in [0.05, 0.1) is 22.7 Å². The van der Waals surface area contributed by atoms with Crippen LogP contribution in [0.25, 0.3) is 30.6 Å². The molecular weight excluding hydrogens is 685 g/mol. The molecular formula is C44H44N2S4. The molecule has 0 radical (unpaired) electrons. The maximum absolute atomic E-state index is 2.55. The van der Waals surface area contributed by atoms with Gasteiger partial charge in [-0.3, -0.25) is 0 Å². The fourth-order valence-electron chi connectivity index (χ4n) is 7.10. The van der Waals surface area contributed by atoms with E-state index in [1.807, 2.05) is 46.2 Å². The first-order valence-electron chi connectivity index (χ1n) is 18.3. The molecule has 0 atom stereocenters. The van der Waals surface area contributed by atoms with Crippen molar-refractivity contribution < 1.29 is 0 Å². The molecule has 0 amide bonds. The number of unbranched alkanes of at least 4 members (excludes halogenated alkanes) is 6. The third-order valence-corrected chi connectivity index (χ3v) is 14.4. The Labute approximate surface area is 314 Å². The molecule has 2 aliphatic rings. The minimum atomic E-state index is 1.07. The molecule has 0 fully saturated rings. The largest absolute Gasteiger partial charge is 0.340 e. The van der Waals surface area contributed by atoms with Crippen molar-refractivity contribution in [2.75, 3.05) is 22.9 Å². The van der Waals surface area contributed by atoms with Crippen LogP contribution in [-0.4, -0.2) is 13.1 Å². The second kappa shape index (κ2) is 15.4. The molecule has 6 aromatic rings. The number of nitrogens with zero attached hydrogens (tertiary/aromatic N) is 2. The Hall–Kier alpha value is -3.42. The maximum atomic E-state index is 2.55. The van der Waals surface area contributed by atoms with Gasteiger partial charge in [-0.05, 0) is 96.8 Å². The summed E-state index contributed by atoms with van der Waals surface area (Å²) in [5, 5.41) is 0. The van der Waals surface area contributed by atoms with Crippen LogP contribution in [0.1, 0.15) is 65.2 Å². The van der Waals surface area contributed by atoms with Crippen molar-refractivity contribution in [3.63, 3.8) is 0 Å². The lowest BCUT2D eigenvalue weighted by Gasteiger charge is -2.33. The molecule has 0 unspecified atom stereocenters. The molecule has 0 spiro atoms. The summed E-state index contributed by atoms with van der Waals surface area (Å²) in [7, 11) is 0. The van der Waals surface area contributed by atoms with E-state index in [0.717, 1.165) is 13.1 Å². The van der Waals surface area contributed by atoms with Gasteiger partial charge in [-0.1, -0.05) is 112 Å². The van der Waals surface area contributed by atoms with Crippen LogP contribution in [0.5, 0.6) is 0 Å². The number of hydrogen-bond donors (Lipinski definition) is 0. The number of thiophene rings is 2. The quantitative estimate of drug-likeness (QED) is 0.109. The van der Waals surface area contributed by atoms with Gasteiger partial charge >= 0.3 is 0 Å². The van der Waals surface area contributed by atoms with Crippen LogP contribution in [0.15, 0.2) is 129 Å². The molecule has 2 aromatic heterocycles. The lowest BCUT2D eigenvalue weighted by atomic mass is 10.1. The van der Waals surface area contributed by atoms with E-state index in [2.05, 4.69) is 133 Å². The van der Waals surface area contributed by atoms with Crippen LogP contribution in [0.4, 0.5) is 22.7 Å². The van der Waals surface area contributed by atoms with Gasteiger partial charge in [-0.25, -0.2) is 0 Å². The number of para-hydroxylation sites is 2. The van der Waals surface area contributed by atoms with Crippen molar-refractivity contribution in [3.05, 3.63) is 109 Å². The van der Waals surface area contributed by atoms with E-state index in [9.17, 15) is 0 Å². The summed E-state index contributed by atoms with van der Waals surface area (Å²) < 4.78 is 0. The molecule has 0 saturated heterocycles. The number of fused-ring (bicyclic) bond motifs is 4. The summed E-state index contributed by atoms with van der Waals surface area (Å²) in [5.41, 5.74) is 8.01.